The van der Waals surface area contributed by atoms with Crippen molar-refractivity contribution in [2.24, 2.45) is 0 Å². The molecule has 0 saturated carbocycles. The molecule has 10 aromatic heterocycles. The van der Waals surface area contributed by atoms with Crippen LogP contribution in [0.3, 0.4) is 0 Å². The van der Waals surface area contributed by atoms with Crippen LogP contribution in [0.15, 0.2) is 306 Å². The van der Waals surface area contributed by atoms with Gasteiger partial charge in [0.1, 0.15) is 0 Å². The predicted octanol–water partition coefficient (Wildman–Crippen LogP) is 11.0. The Morgan fingerprint density at radius 1 is 0.153 bits per heavy atom. The Balaban J connectivity index is -0.000000143. The molecular formula is C56H50F18N10O19S6U2. The van der Waals surface area contributed by atoms with E-state index in [-0.39, 0.29) is 67.7 Å². The molecular weight excluding hydrogens is 2130 g/mol. The number of nitrogens with zero attached hydrogens (tertiary/aromatic N) is 10. The van der Waals surface area contributed by atoms with Gasteiger partial charge >= 0.3 is 95.3 Å². The minimum atomic E-state index is -6.09. The van der Waals surface area contributed by atoms with E-state index in [0.29, 0.717) is 0 Å². The molecule has 10 rings (SSSR count). The Labute approximate surface area is 668 Å². The molecule has 10 aromatic rings. The molecule has 0 saturated heterocycles. The molecule has 0 fully saturated rings. The van der Waals surface area contributed by atoms with Gasteiger partial charge in [-0.15, -0.1) is 0 Å². The summed E-state index contributed by atoms with van der Waals surface area (Å²) in [7, 11) is -36.5. The molecule has 0 atom stereocenters. The molecule has 0 bridgehead atoms. The van der Waals surface area contributed by atoms with Gasteiger partial charge in [0.2, 0.25) is 0 Å². The standard InChI is InChI=1S/10C5H5N.6CHF3O3S.O.2U/c10*1-2-4-6-5-3-1;6*2-1(3,4)8(5,6)7;;;/h10*1-5H;6*(H,5,6,7);;;/q;;;;;;;;;;;;;;;;-2;2*+4/p-6. The van der Waals surface area contributed by atoms with Crippen molar-refractivity contribution in [3.8, 4) is 0 Å². The summed E-state index contributed by atoms with van der Waals surface area (Å²) in [4.78, 5) is 37.8. The van der Waals surface area contributed by atoms with Crippen molar-refractivity contribution in [1.82, 2.24) is 49.8 Å². The largest absolute Gasteiger partial charge is 4.00 e. The second kappa shape index (κ2) is 67.5. The molecule has 0 amide bonds. The van der Waals surface area contributed by atoms with Crippen LogP contribution in [0, 0.1) is 62.2 Å². The predicted molar refractivity (Wildman–Crippen MR) is 338 cm³/mol. The molecule has 111 heavy (non-hydrogen) atoms. The summed E-state index contributed by atoms with van der Waals surface area (Å²) < 4.78 is 353. The van der Waals surface area contributed by atoms with Crippen LogP contribution >= 0.6 is 0 Å². The number of halogens is 18. The zero-order valence-electron chi connectivity index (χ0n) is 54.3. The molecule has 0 N–H and O–H groups in total. The molecule has 0 aromatic carbocycles. The van der Waals surface area contributed by atoms with Crippen molar-refractivity contribution in [1.29, 1.82) is 0 Å². The Morgan fingerprint density at radius 3 is 0.207 bits per heavy atom. The van der Waals surface area contributed by atoms with Crippen molar-refractivity contribution in [3.05, 3.63) is 306 Å². The van der Waals surface area contributed by atoms with Gasteiger partial charge in [0.05, 0.1) is 0 Å². The molecule has 55 heteroatoms. The summed E-state index contributed by atoms with van der Waals surface area (Å²) in [5.74, 6) is 0. The van der Waals surface area contributed by atoms with Gasteiger partial charge in [-0.25, -0.2) is 50.5 Å². The van der Waals surface area contributed by atoms with Gasteiger partial charge in [0, 0.05) is 124 Å². The average Bonchev–Trinajstić information content (AvgIpc) is 0.909. The van der Waals surface area contributed by atoms with E-state index in [2.05, 4.69) is 49.8 Å². The first kappa shape index (κ1) is 121. The second-order valence-electron chi connectivity index (χ2n) is 15.6. The molecule has 10 heterocycles. The van der Waals surface area contributed by atoms with Gasteiger partial charge < -0.3 is 32.8 Å². The summed E-state index contributed by atoms with van der Waals surface area (Å²) >= 11 is 0. The van der Waals surface area contributed by atoms with Crippen molar-refractivity contribution < 1.29 is 225 Å². The summed E-state index contributed by atoms with van der Waals surface area (Å²) in [6.45, 7) is 0. The Morgan fingerprint density at radius 2 is 0.198 bits per heavy atom. The van der Waals surface area contributed by atoms with Gasteiger partial charge in [0.25, 0.3) is 0 Å². The third-order valence-corrected chi connectivity index (χ3v) is 10.8. The van der Waals surface area contributed by atoms with Crippen LogP contribution in [0.25, 0.3) is 0 Å². The smallest absolute Gasteiger partial charge is 2.00 e. The first-order chi connectivity index (χ1) is 49.5. The van der Waals surface area contributed by atoms with Crippen LogP contribution in [0.4, 0.5) is 79.0 Å². The number of aromatic nitrogens is 10. The van der Waals surface area contributed by atoms with E-state index < -0.39 is 93.8 Å². The second-order valence-corrected chi connectivity index (χ2v) is 23.9. The third-order valence-electron chi connectivity index (χ3n) is 7.37. The van der Waals surface area contributed by atoms with Crippen LogP contribution < -0.4 is 0 Å². The summed E-state index contributed by atoms with van der Waals surface area (Å²) in [5, 5.41) is 0. The van der Waals surface area contributed by atoms with Crippen molar-refractivity contribution in [3.63, 3.8) is 0 Å². The zero-order chi connectivity index (χ0) is 84.4. The van der Waals surface area contributed by atoms with E-state index in [1.807, 2.05) is 182 Å². The summed E-state index contributed by atoms with van der Waals surface area (Å²) in [6.07, 6.45) is 35.0. The maximum absolute atomic E-state index is 10.7. The van der Waals surface area contributed by atoms with Crippen LogP contribution in [0.2, 0.25) is 0 Å². The molecule has 0 spiro atoms. The minimum Gasteiger partial charge on any atom is -2.00 e. The normalized spacial score (nSPS) is 10.4. The van der Waals surface area contributed by atoms with Gasteiger partial charge in [-0.05, 0) is 121 Å². The van der Waals surface area contributed by atoms with E-state index in [1.165, 1.54) is 0 Å². The van der Waals surface area contributed by atoms with E-state index in [4.69, 9.17) is 77.8 Å². The molecule has 0 aliphatic rings. The fourth-order valence-electron chi connectivity index (χ4n) is 3.13. The van der Waals surface area contributed by atoms with E-state index in [9.17, 15) is 79.0 Å². The maximum Gasteiger partial charge on any atom is 4.00 e. The van der Waals surface area contributed by atoms with Gasteiger partial charge in [-0.3, -0.25) is 49.8 Å². The van der Waals surface area contributed by atoms with Crippen LogP contribution in [-0.4, -0.2) is 161 Å². The Hall–Kier alpha value is -8.24. The Bertz CT molecular complexity index is 3250. The fourth-order valence-corrected chi connectivity index (χ4v) is 3.13. The zero-order valence-corrected chi connectivity index (χ0v) is 67.6. The quantitative estimate of drug-likeness (QED) is 0.0773. The maximum atomic E-state index is 10.7. The van der Waals surface area contributed by atoms with Gasteiger partial charge in [0.15, 0.2) is 60.7 Å². The Kier molecular flexibility index (Phi) is 73.6. The molecule has 608 valence electrons. The topological polar surface area (TPSA) is 501 Å². The minimum absolute atomic E-state index is 0. The fraction of sp³-hybridized carbons (Fsp3) is 0.107. The molecule has 0 aliphatic carbocycles. The van der Waals surface area contributed by atoms with Crippen molar-refractivity contribution in [2.45, 2.75) is 33.0 Å². The van der Waals surface area contributed by atoms with E-state index in [0.717, 1.165) is 0 Å². The molecule has 0 aliphatic heterocycles. The number of alkyl halides is 18. The van der Waals surface area contributed by atoms with Crippen molar-refractivity contribution >= 4 is 60.7 Å². The number of hydrogen-bond donors (Lipinski definition) is 0. The number of pyridine rings is 10. The molecule has 29 nitrogen and oxygen atoms in total. The number of hydrogen-bond acceptors (Lipinski definition) is 28. The summed E-state index contributed by atoms with van der Waals surface area (Å²) in [5.41, 5.74) is -33.9. The van der Waals surface area contributed by atoms with Crippen LogP contribution in [-0.2, 0) is 66.2 Å². The summed E-state index contributed by atoms with van der Waals surface area (Å²) in [6, 6.07) is 57.2. The van der Waals surface area contributed by atoms with E-state index >= 15 is 0 Å². The third kappa shape index (κ3) is 90.5. The molecule has 0 unspecified atom stereocenters. The molecule has 0 radical (unpaired) electrons. The van der Waals surface area contributed by atoms with Crippen molar-refractivity contribution in [2.75, 3.05) is 0 Å². The van der Waals surface area contributed by atoms with Gasteiger partial charge in [-0.2, -0.15) is 79.0 Å². The first-order valence-electron chi connectivity index (χ1n) is 26.1. The van der Waals surface area contributed by atoms with Crippen LogP contribution in [0.1, 0.15) is 0 Å². The monoisotopic (exact) mass is 2180 g/mol. The van der Waals surface area contributed by atoms with Gasteiger partial charge in [-0.1, -0.05) is 60.7 Å². The SMILES string of the molecule is O=S(=O)([O-])C(F)(F)F.O=S(=O)([O-])C(F)(F)F.O=S(=O)([O-])C(F)(F)F.O=S(=O)([O-])C(F)(F)F.O=S(=O)([O-])C(F)(F)F.O=S(=O)([O-])C(F)(F)F.[O-2].[U+4].[U+4].c1ccncc1.c1ccncc1.c1ccncc1.c1ccncc1.c1ccncc1.c1ccncc1.c1ccncc1.c1ccncc1.c1ccncc1.c1ccncc1. The van der Waals surface area contributed by atoms with E-state index in [1.54, 1.807) is 124 Å². The number of rotatable bonds is 0. The van der Waals surface area contributed by atoms with Crippen LogP contribution in [0.5, 0.6) is 0 Å². The average molecular weight is 2180 g/mol. The first-order valence-corrected chi connectivity index (χ1v) is 34.6.